The van der Waals surface area contributed by atoms with Gasteiger partial charge in [0, 0.05) is 13.0 Å². The van der Waals surface area contributed by atoms with Crippen LogP contribution >= 0.6 is 0 Å². The molecule has 0 saturated heterocycles. The molecule has 1 aromatic rings. The van der Waals surface area contributed by atoms with Crippen molar-refractivity contribution in [2.24, 2.45) is 0 Å². The molecule has 1 rings (SSSR count). The molecule has 1 aromatic carbocycles. The van der Waals surface area contributed by atoms with Crippen molar-refractivity contribution in [2.75, 3.05) is 0 Å². The maximum Gasteiger partial charge on any atom is 0.303 e. The molecule has 0 bridgehead atoms. The van der Waals surface area contributed by atoms with Crippen molar-refractivity contribution < 1.29 is 19.1 Å². The van der Waals surface area contributed by atoms with Crippen LogP contribution in [0.3, 0.4) is 0 Å². The first kappa shape index (κ1) is 12.2. The monoisotopic (exact) mass is 225 g/mol. The Morgan fingerprint density at radius 3 is 2.69 bits per heavy atom. The van der Waals surface area contributed by atoms with Crippen LogP contribution in [0.25, 0.3) is 0 Å². The molecule has 2 N–H and O–H groups in total. The number of hydrogen-bond acceptors (Lipinski definition) is 2. The fraction of sp³-hybridized carbons (Fsp3) is 0.273. The number of benzene rings is 1. The molecule has 0 aromatic heterocycles. The van der Waals surface area contributed by atoms with Gasteiger partial charge in [-0.3, -0.25) is 9.59 Å². The molecule has 0 aliphatic rings. The Balaban J connectivity index is 2.34. The number of amides is 1. The fourth-order valence-corrected chi connectivity index (χ4v) is 1.16. The van der Waals surface area contributed by atoms with Crippen molar-refractivity contribution in [3.8, 4) is 0 Å². The Bertz CT molecular complexity index is 393. The number of halogens is 1. The van der Waals surface area contributed by atoms with Crippen LogP contribution in [-0.2, 0) is 16.1 Å². The van der Waals surface area contributed by atoms with Crippen LogP contribution in [0.1, 0.15) is 18.4 Å². The van der Waals surface area contributed by atoms with Gasteiger partial charge in [0.05, 0.1) is 6.42 Å². The van der Waals surface area contributed by atoms with E-state index in [4.69, 9.17) is 5.11 Å². The van der Waals surface area contributed by atoms with Crippen molar-refractivity contribution in [1.82, 2.24) is 5.32 Å². The maximum atomic E-state index is 12.8. The van der Waals surface area contributed by atoms with E-state index in [1.807, 2.05) is 0 Å². The summed E-state index contributed by atoms with van der Waals surface area (Å²) in [6.45, 7) is 0.205. The summed E-state index contributed by atoms with van der Waals surface area (Å²) in [6, 6.07) is 5.86. The zero-order chi connectivity index (χ0) is 12.0. The van der Waals surface area contributed by atoms with Gasteiger partial charge in [-0.05, 0) is 17.7 Å². The Kier molecular flexibility index (Phi) is 4.44. The lowest BCUT2D eigenvalue weighted by Gasteiger charge is -2.04. The zero-order valence-electron chi connectivity index (χ0n) is 8.57. The minimum Gasteiger partial charge on any atom is -0.481 e. The van der Waals surface area contributed by atoms with E-state index in [0.717, 1.165) is 0 Å². The second kappa shape index (κ2) is 5.85. The minimum atomic E-state index is -1.01. The highest BCUT2D eigenvalue weighted by molar-refractivity contribution is 5.80. The highest BCUT2D eigenvalue weighted by Crippen LogP contribution is 2.03. The molecule has 0 saturated carbocycles. The summed E-state index contributed by atoms with van der Waals surface area (Å²) < 4.78 is 12.8. The van der Waals surface area contributed by atoms with Crippen molar-refractivity contribution in [3.05, 3.63) is 35.6 Å². The van der Waals surface area contributed by atoms with Gasteiger partial charge >= 0.3 is 5.97 Å². The number of rotatable bonds is 5. The summed E-state index contributed by atoms with van der Waals surface area (Å²) in [5, 5.41) is 10.9. The topological polar surface area (TPSA) is 66.4 Å². The van der Waals surface area contributed by atoms with Crippen LogP contribution in [0, 0.1) is 5.82 Å². The molecule has 0 fully saturated rings. The predicted octanol–water partition coefficient (Wildman–Crippen LogP) is 1.31. The van der Waals surface area contributed by atoms with Gasteiger partial charge in [-0.2, -0.15) is 0 Å². The molecule has 0 spiro atoms. The minimum absolute atomic E-state index is 0.0648. The average molecular weight is 225 g/mol. The van der Waals surface area contributed by atoms with Crippen LogP contribution < -0.4 is 5.32 Å². The van der Waals surface area contributed by atoms with Crippen molar-refractivity contribution in [2.45, 2.75) is 19.4 Å². The summed E-state index contributed by atoms with van der Waals surface area (Å²) in [4.78, 5) is 21.3. The molecule has 0 heterocycles. The summed E-state index contributed by atoms with van der Waals surface area (Å²) in [5.74, 6) is -1.73. The number of carbonyl (C=O) groups excluding carboxylic acids is 1. The van der Waals surface area contributed by atoms with Gasteiger partial charge in [0.15, 0.2) is 0 Å². The SMILES string of the molecule is O=C(O)CCC(=O)NCc1cccc(F)c1. The highest BCUT2D eigenvalue weighted by atomic mass is 19.1. The number of aliphatic carboxylic acids is 1. The molecule has 5 heteroatoms. The normalized spacial score (nSPS) is 9.81. The van der Waals surface area contributed by atoms with E-state index in [1.165, 1.54) is 12.1 Å². The molecule has 4 nitrogen and oxygen atoms in total. The van der Waals surface area contributed by atoms with Gasteiger partial charge in [0.2, 0.25) is 5.91 Å². The average Bonchev–Trinajstić information content (AvgIpc) is 2.23. The number of nitrogens with one attached hydrogen (secondary N) is 1. The van der Waals surface area contributed by atoms with Gasteiger partial charge in [0.25, 0.3) is 0 Å². The van der Waals surface area contributed by atoms with E-state index in [0.29, 0.717) is 5.56 Å². The third-order valence-electron chi connectivity index (χ3n) is 1.94. The molecule has 16 heavy (non-hydrogen) atoms. The van der Waals surface area contributed by atoms with Crippen LogP contribution in [0.15, 0.2) is 24.3 Å². The zero-order valence-corrected chi connectivity index (χ0v) is 8.57. The van der Waals surface area contributed by atoms with Gasteiger partial charge < -0.3 is 10.4 Å². The Hall–Kier alpha value is -1.91. The number of carboxylic acids is 1. The third-order valence-corrected chi connectivity index (χ3v) is 1.94. The molecule has 0 radical (unpaired) electrons. The van der Waals surface area contributed by atoms with Crippen molar-refractivity contribution in [3.63, 3.8) is 0 Å². The molecule has 0 aliphatic heterocycles. The molecule has 0 aliphatic carbocycles. The maximum absolute atomic E-state index is 12.8. The lowest BCUT2D eigenvalue weighted by atomic mass is 10.2. The number of carboxylic acid groups (broad SMARTS) is 1. The predicted molar refractivity (Wildman–Crippen MR) is 55.1 cm³/mol. The second-order valence-corrected chi connectivity index (χ2v) is 3.30. The van der Waals surface area contributed by atoms with Gasteiger partial charge in [0.1, 0.15) is 5.82 Å². The summed E-state index contributed by atoms with van der Waals surface area (Å²) >= 11 is 0. The number of carbonyl (C=O) groups is 2. The van der Waals surface area contributed by atoms with Gasteiger partial charge in [-0.25, -0.2) is 4.39 Å². The van der Waals surface area contributed by atoms with Crippen LogP contribution in [0.2, 0.25) is 0 Å². The molecule has 86 valence electrons. The largest absolute Gasteiger partial charge is 0.481 e. The van der Waals surface area contributed by atoms with E-state index in [2.05, 4.69) is 5.32 Å². The molecule has 1 amide bonds. The molecule has 0 atom stereocenters. The summed E-state index contributed by atoms with van der Waals surface area (Å²) in [6.07, 6.45) is -0.264. The van der Waals surface area contributed by atoms with E-state index in [1.54, 1.807) is 12.1 Å². The smallest absolute Gasteiger partial charge is 0.303 e. The van der Waals surface area contributed by atoms with E-state index >= 15 is 0 Å². The van der Waals surface area contributed by atoms with Crippen LogP contribution in [0.4, 0.5) is 4.39 Å². The molecular formula is C11H12FNO3. The van der Waals surface area contributed by atoms with E-state index in [9.17, 15) is 14.0 Å². The van der Waals surface area contributed by atoms with Gasteiger partial charge in [-0.15, -0.1) is 0 Å². The summed E-state index contributed by atoms with van der Waals surface area (Å²) in [5.41, 5.74) is 0.642. The van der Waals surface area contributed by atoms with E-state index in [-0.39, 0.29) is 31.1 Å². The third kappa shape index (κ3) is 4.54. The van der Waals surface area contributed by atoms with Crippen LogP contribution in [-0.4, -0.2) is 17.0 Å². The Morgan fingerprint density at radius 2 is 2.06 bits per heavy atom. The summed E-state index contributed by atoms with van der Waals surface area (Å²) in [7, 11) is 0. The first-order valence-electron chi connectivity index (χ1n) is 4.81. The quantitative estimate of drug-likeness (QED) is 0.793. The lowest BCUT2D eigenvalue weighted by molar-refractivity contribution is -0.138. The van der Waals surface area contributed by atoms with Crippen LogP contribution in [0.5, 0.6) is 0 Å². The fourth-order valence-electron chi connectivity index (χ4n) is 1.16. The standard InChI is InChI=1S/C11H12FNO3/c12-9-3-1-2-8(6-9)7-13-10(14)4-5-11(15)16/h1-3,6H,4-5,7H2,(H,13,14)(H,15,16). The lowest BCUT2D eigenvalue weighted by Crippen LogP contribution is -2.23. The van der Waals surface area contributed by atoms with E-state index < -0.39 is 5.97 Å². The van der Waals surface area contributed by atoms with Crippen molar-refractivity contribution >= 4 is 11.9 Å². The highest BCUT2D eigenvalue weighted by Gasteiger charge is 2.04. The molecule has 0 unspecified atom stereocenters. The Morgan fingerprint density at radius 1 is 1.31 bits per heavy atom. The Labute approximate surface area is 92.1 Å². The van der Waals surface area contributed by atoms with Crippen molar-refractivity contribution in [1.29, 1.82) is 0 Å². The number of hydrogen-bond donors (Lipinski definition) is 2. The van der Waals surface area contributed by atoms with Gasteiger partial charge in [-0.1, -0.05) is 12.1 Å². The molecular weight excluding hydrogens is 213 g/mol. The first-order chi connectivity index (χ1) is 7.58. The second-order valence-electron chi connectivity index (χ2n) is 3.30. The first-order valence-corrected chi connectivity index (χ1v) is 4.81.